The molecular formula is C43H26N2O. The van der Waals surface area contributed by atoms with Gasteiger partial charge < -0.3 is 8.98 Å². The number of rotatable bonds is 3. The van der Waals surface area contributed by atoms with Gasteiger partial charge in [0.25, 0.3) is 0 Å². The molecule has 3 heterocycles. The summed E-state index contributed by atoms with van der Waals surface area (Å²) >= 11 is 0. The van der Waals surface area contributed by atoms with E-state index < -0.39 is 0 Å². The largest absolute Gasteiger partial charge is 0.456 e. The zero-order chi connectivity index (χ0) is 30.2. The molecular weight excluding hydrogens is 560 g/mol. The minimum Gasteiger partial charge on any atom is -0.456 e. The van der Waals surface area contributed by atoms with E-state index in [9.17, 15) is 0 Å². The first-order valence-corrected chi connectivity index (χ1v) is 15.6. The Labute approximate surface area is 264 Å². The van der Waals surface area contributed by atoms with Crippen LogP contribution in [0.25, 0.3) is 93.5 Å². The molecule has 7 aromatic carbocycles. The van der Waals surface area contributed by atoms with Crippen LogP contribution >= 0.6 is 0 Å². The molecule has 0 spiro atoms. The number of nitrogens with zero attached hydrogens (tertiary/aromatic N) is 2. The van der Waals surface area contributed by atoms with Crippen molar-refractivity contribution in [1.29, 1.82) is 0 Å². The van der Waals surface area contributed by atoms with Gasteiger partial charge in [-0.1, -0.05) is 97.1 Å². The molecule has 0 amide bonds. The van der Waals surface area contributed by atoms with Crippen molar-refractivity contribution in [2.45, 2.75) is 0 Å². The predicted molar refractivity (Wildman–Crippen MR) is 192 cm³/mol. The third-order valence-electron chi connectivity index (χ3n) is 9.37. The fourth-order valence-electron chi connectivity index (χ4n) is 7.24. The first-order chi connectivity index (χ1) is 22.8. The van der Waals surface area contributed by atoms with Gasteiger partial charge in [-0.05, 0) is 77.2 Å². The molecule has 0 N–H and O–H groups in total. The Morgan fingerprint density at radius 3 is 1.87 bits per heavy atom. The number of para-hydroxylation sites is 3. The second-order valence-corrected chi connectivity index (χ2v) is 12.0. The van der Waals surface area contributed by atoms with Crippen molar-refractivity contribution in [3.63, 3.8) is 0 Å². The molecule has 3 nitrogen and oxygen atoms in total. The van der Waals surface area contributed by atoms with E-state index in [1.807, 2.05) is 12.1 Å². The molecule has 0 fully saturated rings. The lowest BCUT2D eigenvalue weighted by molar-refractivity contribution is 0.669. The van der Waals surface area contributed by atoms with E-state index >= 15 is 0 Å². The summed E-state index contributed by atoms with van der Waals surface area (Å²) < 4.78 is 8.44. The number of benzene rings is 7. The molecule has 10 aromatic rings. The molecule has 214 valence electrons. The van der Waals surface area contributed by atoms with E-state index in [-0.39, 0.29) is 0 Å². The van der Waals surface area contributed by atoms with Gasteiger partial charge in [-0.2, -0.15) is 0 Å². The number of hydrogen-bond acceptors (Lipinski definition) is 2. The minimum atomic E-state index is 0.909. The SMILES string of the molecule is c1ccc(-n2c3ccccc3c3cc(-c4nc5ccc(-c6ccc7oc8ccccc8c7c6)cc5c5ccccc45)ccc32)cc1. The smallest absolute Gasteiger partial charge is 0.135 e. The average Bonchev–Trinajstić information content (AvgIpc) is 3.66. The average molecular weight is 587 g/mol. The van der Waals surface area contributed by atoms with Crippen LogP contribution in [-0.2, 0) is 0 Å². The van der Waals surface area contributed by atoms with Crippen molar-refractivity contribution in [2.24, 2.45) is 0 Å². The van der Waals surface area contributed by atoms with Crippen molar-refractivity contribution in [3.05, 3.63) is 158 Å². The molecule has 46 heavy (non-hydrogen) atoms. The van der Waals surface area contributed by atoms with Crippen molar-refractivity contribution in [2.75, 3.05) is 0 Å². The highest BCUT2D eigenvalue weighted by Gasteiger charge is 2.16. The molecule has 0 saturated heterocycles. The second-order valence-electron chi connectivity index (χ2n) is 12.0. The molecule has 0 radical (unpaired) electrons. The monoisotopic (exact) mass is 586 g/mol. The topological polar surface area (TPSA) is 31.0 Å². The zero-order valence-corrected chi connectivity index (χ0v) is 24.8. The Balaban J connectivity index is 1.16. The number of aromatic nitrogens is 2. The van der Waals surface area contributed by atoms with Gasteiger partial charge in [-0.15, -0.1) is 0 Å². The fourth-order valence-corrected chi connectivity index (χ4v) is 7.24. The number of hydrogen-bond donors (Lipinski definition) is 0. The summed E-state index contributed by atoms with van der Waals surface area (Å²) in [4.78, 5) is 5.32. The zero-order valence-electron chi connectivity index (χ0n) is 24.8. The maximum atomic E-state index is 6.09. The third kappa shape index (κ3) is 3.69. The van der Waals surface area contributed by atoms with Crippen LogP contribution in [0.4, 0.5) is 0 Å². The highest BCUT2D eigenvalue weighted by atomic mass is 16.3. The van der Waals surface area contributed by atoms with Gasteiger partial charge in [0.15, 0.2) is 0 Å². The van der Waals surface area contributed by atoms with E-state index in [4.69, 9.17) is 9.40 Å². The lowest BCUT2D eigenvalue weighted by Gasteiger charge is -2.12. The fraction of sp³-hybridized carbons (Fsp3) is 0. The van der Waals surface area contributed by atoms with Gasteiger partial charge in [0.05, 0.1) is 22.2 Å². The van der Waals surface area contributed by atoms with Gasteiger partial charge in [0.2, 0.25) is 0 Å². The number of furan rings is 1. The number of fused-ring (bicyclic) bond motifs is 9. The van der Waals surface area contributed by atoms with E-state index in [2.05, 4.69) is 150 Å². The lowest BCUT2D eigenvalue weighted by Crippen LogP contribution is -1.93. The molecule has 0 atom stereocenters. The van der Waals surface area contributed by atoms with Crippen LogP contribution in [0.15, 0.2) is 162 Å². The van der Waals surface area contributed by atoms with Crippen LogP contribution in [-0.4, -0.2) is 9.55 Å². The lowest BCUT2D eigenvalue weighted by atomic mass is 9.96. The molecule has 0 aliphatic heterocycles. The van der Waals surface area contributed by atoms with E-state index in [1.54, 1.807) is 0 Å². The van der Waals surface area contributed by atoms with Gasteiger partial charge >= 0.3 is 0 Å². The highest BCUT2D eigenvalue weighted by molar-refractivity contribution is 6.15. The Kier molecular flexibility index (Phi) is 5.28. The van der Waals surface area contributed by atoms with Crippen LogP contribution in [0.5, 0.6) is 0 Å². The molecule has 3 heteroatoms. The molecule has 3 aromatic heterocycles. The summed E-state index contributed by atoms with van der Waals surface area (Å²) in [5.74, 6) is 0. The van der Waals surface area contributed by atoms with Gasteiger partial charge in [0.1, 0.15) is 11.2 Å². The third-order valence-corrected chi connectivity index (χ3v) is 9.37. The summed E-state index contributed by atoms with van der Waals surface area (Å²) in [6.45, 7) is 0. The molecule has 0 unspecified atom stereocenters. The van der Waals surface area contributed by atoms with Crippen LogP contribution in [0.2, 0.25) is 0 Å². The second kappa shape index (κ2) is 9.65. The Hall–Kier alpha value is -6.19. The molecule has 0 aliphatic carbocycles. The van der Waals surface area contributed by atoms with Gasteiger partial charge in [-0.3, -0.25) is 0 Å². The normalized spacial score (nSPS) is 11.9. The van der Waals surface area contributed by atoms with Crippen molar-refractivity contribution >= 4 is 65.4 Å². The molecule has 0 saturated carbocycles. The quantitative estimate of drug-likeness (QED) is 0.193. The first kappa shape index (κ1) is 25.2. The van der Waals surface area contributed by atoms with E-state index in [1.165, 1.54) is 27.2 Å². The van der Waals surface area contributed by atoms with Crippen LogP contribution in [0, 0.1) is 0 Å². The standard InChI is InChI=1S/C43H26N2O/c1-2-10-30(11-3-1)45-39-16-8-6-13-32(39)36-26-29(19-22-40(36)45)43-34-15-5-4-12-31(34)35-24-27(18-21-38(35)44-43)28-20-23-42-37(25-28)33-14-7-9-17-41(33)46-42/h1-26H. The highest BCUT2D eigenvalue weighted by Crippen LogP contribution is 2.39. The van der Waals surface area contributed by atoms with Crippen LogP contribution in [0.1, 0.15) is 0 Å². The van der Waals surface area contributed by atoms with Crippen LogP contribution < -0.4 is 0 Å². The van der Waals surface area contributed by atoms with Gasteiger partial charge in [0, 0.05) is 43.6 Å². The summed E-state index contributed by atoms with van der Waals surface area (Å²) in [6.07, 6.45) is 0. The maximum absolute atomic E-state index is 6.09. The van der Waals surface area contributed by atoms with E-state index in [0.717, 1.165) is 66.3 Å². The Morgan fingerprint density at radius 2 is 1.00 bits per heavy atom. The summed E-state index contributed by atoms with van der Waals surface area (Å²) in [6, 6.07) is 56.0. The van der Waals surface area contributed by atoms with Crippen molar-refractivity contribution in [3.8, 4) is 28.1 Å². The van der Waals surface area contributed by atoms with Crippen LogP contribution in [0.3, 0.4) is 0 Å². The summed E-state index contributed by atoms with van der Waals surface area (Å²) in [7, 11) is 0. The van der Waals surface area contributed by atoms with Gasteiger partial charge in [-0.25, -0.2) is 4.98 Å². The summed E-state index contributed by atoms with van der Waals surface area (Å²) in [5, 5.41) is 8.23. The molecule has 0 aliphatic rings. The van der Waals surface area contributed by atoms with E-state index in [0.29, 0.717) is 0 Å². The molecule has 10 rings (SSSR count). The maximum Gasteiger partial charge on any atom is 0.135 e. The van der Waals surface area contributed by atoms with Crippen molar-refractivity contribution < 1.29 is 4.42 Å². The number of pyridine rings is 1. The predicted octanol–water partition coefficient (Wildman–Crippen LogP) is 11.7. The Bertz CT molecular complexity index is 2800. The summed E-state index contributed by atoms with van der Waals surface area (Å²) in [5.41, 5.74) is 10.8. The minimum absolute atomic E-state index is 0.909. The Morgan fingerprint density at radius 1 is 0.391 bits per heavy atom. The first-order valence-electron chi connectivity index (χ1n) is 15.6. The molecule has 0 bridgehead atoms. The van der Waals surface area contributed by atoms with Crippen molar-refractivity contribution in [1.82, 2.24) is 9.55 Å².